The Morgan fingerprint density at radius 2 is 1.73 bits per heavy atom. The summed E-state index contributed by atoms with van der Waals surface area (Å²) in [5, 5.41) is 2.82. The van der Waals surface area contributed by atoms with Crippen LogP contribution < -0.4 is 25.3 Å². The third-order valence-corrected chi connectivity index (χ3v) is 4.87. The number of para-hydroxylation sites is 2. The van der Waals surface area contributed by atoms with Crippen LogP contribution in [0.1, 0.15) is 13.8 Å². The lowest BCUT2D eigenvalue weighted by Crippen LogP contribution is -2.20. The van der Waals surface area contributed by atoms with Crippen molar-refractivity contribution < 1.29 is 19.0 Å². The molecule has 0 saturated heterocycles. The van der Waals surface area contributed by atoms with Gasteiger partial charge < -0.3 is 29.7 Å². The molecule has 33 heavy (non-hydrogen) atoms. The SMILES string of the molecule is CCOc1ccc(-c2cn3cccc(OCC(=O)Nc4ccccc4OCC)c3n2)cc1N. The van der Waals surface area contributed by atoms with Crippen LogP contribution in [-0.2, 0) is 4.79 Å². The average Bonchev–Trinajstić information content (AvgIpc) is 3.26. The van der Waals surface area contributed by atoms with E-state index in [-0.39, 0.29) is 12.5 Å². The second-order valence-electron chi connectivity index (χ2n) is 7.18. The Morgan fingerprint density at radius 3 is 2.52 bits per heavy atom. The number of nitrogen functional groups attached to an aromatic ring is 1. The molecular formula is C25H26N4O4. The highest BCUT2D eigenvalue weighted by Gasteiger charge is 2.13. The molecule has 4 rings (SSSR count). The fourth-order valence-corrected chi connectivity index (χ4v) is 3.41. The quantitative estimate of drug-likeness (QED) is 0.370. The number of imidazole rings is 1. The summed E-state index contributed by atoms with van der Waals surface area (Å²) >= 11 is 0. The summed E-state index contributed by atoms with van der Waals surface area (Å²) in [7, 11) is 0. The molecule has 0 aliphatic heterocycles. The number of amides is 1. The van der Waals surface area contributed by atoms with Gasteiger partial charge in [0, 0.05) is 18.0 Å². The first-order valence-electron chi connectivity index (χ1n) is 10.7. The van der Waals surface area contributed by atoms with E-state index in [1.165, 1.54) is 0 Å². The van der Waals surface area contributed by atoms with Crippen molar-refractivity contribution in [2.24, 2.45) is 0 Å². The van der Waals surface area contributed by atoms with Gasteiger partial charge in [-0.1, -0.05) is 12.1 Å². The topological polar surface area (TPSA) is 100 Å². The summed E-state index contributed by atoms with van der Waals surface area (Å²) in [6.07, 6.45) is 3.75. The molecule has 2 aromatic heterocycles. The van der Waals surface area contributed by atoms with E-state index in [0.29, 0.717) is 47.5 Å². The molecule has 8 nitrogen and oxygen atoms in total. The third-order valence-electron chi connectivity index (χ3n) is 4.87. The van der Waals surface area contributed by atoms with Gasteiger partial charge in [-0.05, 0) is 56.3 Å². The molecule has 0 aliphatic rings. The minimum absolute atomic E-state index is 0.168. The van der Waals surface area contributed by atoms with Crippen LogP contribution in [0.15, 0.2) is 67.0 Å². The lowest BCUT2D eigenvalue weighted by molar-refractivity contribution is -0.118. The van der Waals surface area contributed by atoms with Crippen LogP contribution in [-0.4, -0.2) is 35.1 Å². The molecule has 4 aromatic rings. The predicted molar refractivity (Wildman–Crippen MR) is 128 cm³/mol. The number of hydrogen-bond donors (Lipinski definition) is 2. The molecule has 0 atom stereocenters. The van der Waals surface area contributed by atoms with E-state index in [2.05, 4.69) is 10.3 Å². The summed E-state index contributed by atoms with van der Waals surface area (Å²) in [4.78, 5) is 17.2. The highest BCUT2D eigenvalue weighted by Crippen LogP contribution is 2.30. The third kappa shape index (κ3) is 5.01. The number of nitrogens with one attached hydrogen (secondary N) is 1. The van der Waals surface area contributed by atoms with Crippen molar-refractivity contribution >= 4 is 22.9 Å². The van der Waals surface area contributed by atoms with Crippen LogP contribution in [0.3, 0.4) is 0 Å². The van der Waals surface area contributed by atoms with Gasteiger partial charge in [0.2, 0.25) is 0 Å². The zero-order chi connectivity index (χ0) is 23.2. The van der Waals surface area contributed by atoms with Gasteiger partial charge in [-0.2, -0.15) is 0 Å². The Balaban J connectivity index is 1.50. The second-order valence-corrected chi connectivity index (χ2v) is 7.18. The number of ether oxygens (including phenoxy) is 3. The number of carbonyl (C=O) groups is 1. The molecule has 3 N–H and O–H groups in total. The summed E-state index contributed by atoms with van der Waals surface area (Å²) in [5.74, 6) is 1.46. The normalized spacial score (nSPS) is 10.7. The number of benzene rings is 2. The minimum Gasteiger partial charge on any atom is -0.492 e. The second kappa shape index (κ2) is 9.95. The molecule has 0 saturated carbocycles. The zero-order valence-corrected chi connectivity index (χ0v) is 18.6. The zero-order valence-electron chi connectivity index (χ0n) is 18.6. The van der Waals surface area contributed by atoms with Crippen LogP contribution >= 0.6 is 0 Å². The summed E-state index contributed by atoms with van der Waals surface area (Å²) in [6, 6.07) is 16.5. The highest BCUT2D eigenvalue weighted by atomic mass is 16.5. The van der Waals surface area contributed by atoms with Crippen molar-refractivity contribution in [3.63, 3.8) is 0 Å². The van der Waals surface area contributed by atoms with Crippen molar-refractivity contribution in [3.05, 3.63) is 67.0 Å². The number of nitrogens with two attached hydrogens (primary N) is 1. The largest absolute Gasteiger partial charge is 0.492 e. The first kappa shape index (κ1) is 22.0. The van der Waals surface area contributed by atoms with E-state index in [4.69, 9.17) is 19.9 Å². The maximum absolute atomic E-state index is 12.5. The maximum Gasteiger partial charge on any atom is 0.262 e. The van der Waals surface area contributed by atoms with Gasteiger partial charge in [-0.15, -0.1) is 0 Å². The molecular weight excluding hydrogens is 420 g/mol. The first-order chi connectivity index (χ1) is 16.1. The number of rotatable bonds is 9. The van der Waals surface area contributed by atoms with Gasteiger partial charge in [-0.3, -0.25) is 4.79 Å². The van der Waals surface area contributed by atoms with Gasteiger partial charge in [0.05, 0.1) is 30.3 Å². The minimum atomic E-state index is -0.296. The molecule has 0 spiro atoms. The van der Waals surface area contributed by atoms with Crippen LogP contribution in [0.25, 0.3) is 16.9 Å². The number of aromatic nitrogens is 2. The molecule has 0 aliphatic carbocycles. The number of fused-ring (bicyclic) bond motifs is 1. The Bertz CT molecular complexity index is 1270. The Labute approximate surface area is 191 Å². The standard InChI is InChI=1S/C25H26N4O4/c1-3-31-21-12-11-17(14-18(21)26)20-15-29-13-7-10-23(25(29)28-20)33-16-24(30)27-19-8-5-6-9-22(19)32-4-2/h5-15H,3-4,16,26H2,1-2H3,(H,27,30). The molecule has 170 valence electrons. The number of carbonyl (C=O) groups excluding carboxylic acids is 1. The lowest BCUT2D eigenvalue weighted by atomic mass is 10.1. The first-order valence-corrected chi connectivity index (χ1v) is 10.7. The fraction of sp³-hybridized carbons (Fsp3) is 0.200. The molecule has 0 fully saturated rings. The monoisotopic (exact) mass is 446 g/mol. The maximum atomic E-state index is 12.5. The molecule has 2 aromatic carbocycles. The fourth-order valence-electron chi connectivity index (χ4n) is 3.41. The van der Waals surface area contributed by atoms with Crippen molar-refractivity contribution in [1.29, 1.82) is 0 Å². The molecule has 1 amide bonds. The van der Waals surface area contributed by atoms with Crippen molar-refractivity contribution in [3.8, 4) is 28.5 Å². The summed E-state index contributed by atoms with van der Waals surface area (Å²) in [6.45, 7) is 4.69. The van der Waals surface area contributed by atoms with Crippen LogP contribution in [0.5, 0.6) is 17.2 Å². The molecule has 0 bridgehead atoms. The predicted octanol–water partition coefficient (Wildman–Crippen LogP) is 4.40. The summed E-state index contributed by atoms with van der Waals surface area (Å²) < 4.78 is 18.7. The number of anilines is 2. The van der Waals surface area contributed by atoms with Crippen LogP contribution in [0, 0.1) is 0 Å². The van der Waals surface area contributed by atoms with Crippen molar-refractivity contribution in [1.82, 2.24) is 9.38 Å². The Hall–Kier alpha value is -4.20. The van der Waals surface area contributed by atoms with Crippen molar-refractivity contribution in [2.45, 2.75) is 13.8 Å². The van der Waals surface area contributed by atoms with E-state index < -0.39 is 0 Å². The van der Waals surface area contributed by atoms with E-state index in [9.17, 15) is 4.79 Å². The van der Waals surface area contributed by atoms with E-state index in [1.54, 1.807) is 18.2 Å². The number of nitrogens with zero attached hydrogens (tertiary/aromatic N) is 2. The van der Waals surface area contributed by atoms with Crippen molar-refractivity contribution in [2.75, 3.05) is 30.9 Å². The molecule has 0 unspecified atom stereocenters. The van der Waals surface area contributed by atoms with Crippen LogP contribution in [0.4, 0.5) is 11.4 Å². The van der Waals surface area contributed by atoms with Gasteiger partial charge in [0.15, 0.2) is 18.0 Å². The van der Waals surface area contributed by atoms with Crippen LogP contribution in [0.2, 0.25) is 0 Å². The lowest BCUT2D eigenvalue weighted by Gasteiger charge is -2.12. The molecule has 0 radical (unpaired) electrons. The number of hydrogen-bond acceptors (Lipinski definition) is 6. The summed E-state index contributed by atoms with van der Waals surface area (Å²) in [5.41, 5.74) is 9.44. The van der Waals surface area contributed by atoms with Gasteiger partial charge in [0.25, 0.3) is 5.91 Å². The average molecular weight is 447 g/mol. The van der Waals surface area contributed by atoms with Gasteiger partial charge in [-0.25, -0.2) is 4.98 Å². The smallest absolute Gasteiger partial charge is 0.262 e. The van der Waals surface area contributed by atoms with E-state index in [0.717, 1.165) is 11.3 Å². The van der Waals surface area contributed by atoms with E-state index >= 15 is 0 Å². The Kier molecular flexibility index (Phi) is 6.64. The van der Waals surface area contributed by atoms with Gasteiger partial charge >= 0.3 is 0 Å². The van der Waals surface area contributed by atoms with Gasteiger partial charge in [0.1, 0.15) is 11.5 Å². The van der Waals surface area contributed by atoms with E-state index in [1.807, 2.05) is 67.0 Å². The highest BCUT2D eigenvalue weighted by molar-refractivity contribution is 5.93. The Morgan fingerprint density at radius 1 is 0.970 bits per heavy atom. The molecule has 2 heterocycles. The molecule has 8 heteroatoms. The number of pyridine rings is 1.